The number of pyridine rings is 1. The van der Waals surface area contributed by atoms with Crippen LogP contribution in [0.15, 0.2) is 35.3 Å². The average molecular weight is 406 g/mol. The van der Waals surface area contributed by atoms with Gasteiger partial charge >= 0.3 is 5.69 Å². The molecule has 0 saturated carbocycles. The third-order valence-electron chi connectivity index (χ3n) is 5.30. The molecule has 0 bridgehead atoms. The summed E-state index contributed by atoms with van der Waals surface area (Å²) in [4.78, 5) is 34.7. The normalized spacial score (nSPS) is 12.6. The van der Waals surface area contributed by atoms with Gasteiger partial charge in [0.05, 0.1) is 29.5 Å². The summed E-state index contributed by atoms with van der Waals surface area (Å²) in [7, 11) is 3.70. The molecule has 8 heteroatoms. The van der Waals surface area contributed by atoms with Gasteiger partial charge in [0, 0.05) is 6.20 Å². The Labute approximate surface area is 175 Å². The predicted octanol–water partition coefficient (Wildman–Crippen LogP) is 2.83. The highest BCUT2D eigenvalue weighted by Crippen LogP contribution is 2.41. The fourth-order valence-corrected chi connectivity index (χ4v) is 3.71. The first-order valence-electron chi connectivity index (χ1n) is 9.97. The monoisotopic (exact) mass is 406 g/mol. The van der Waals surface area contributed by atoms with E-state index in [1.807, 2.05) is 64.9 Å². The lowest BCUT2D eigenvalue weighted by molar-refractivity contribution is -0.118. The van der Waals surface area contributed by atoms with Crippen molar-refractivity contribution in [3.05, 3.63) is 52.1 Å². The van der Waals surface area contributed by atoms with E-state index >= 15 is 0 Å². The second kappa shape index (κ2) is 7.21. The molecular formula is C22H26N6O2. The van der Waals surface area contributed by atoms with E-state index in [2.05, 4.69) is 10.1 Å². The molecule has 2 aromatic heterocycles. The second-order valence-corrected chi connectivity index (χ2v) is 8.25. The van der Waals surface area contributed by atoms with Crippen LogP contribution in [0, 0.1) is 13.8 Å². The van der Waals surface area contributed by atoms with Crippen LogP contribution >= 0.6 is 0 Å². The number of amides is 1. The number of hydrogen-bond acceptors (Lipinski definition) is 5. The van der Waals surface area contributed by atoms with Crippen LogP contribution in [-0.2, 0) is 4.79 Å². The van der Waals surface area contributed by atoms with E-state index in [4.69, 9.17) is 0 Å². The third kappa shape index (κ3) is 3.04. The molecule has 0 spiro atoms. The van der Waals surface area contributed by atoms with Crippen molar-refractivity contribution in [2.24, 2.45) is 0 Å². The average Bonchev–Trinajstić information content (AvgIpc) is 2.96. The molecule has 0 N–H and O–H groups in total. The summed E-state index contributed by atoms with van der Waals surface area (Å²) in [5.74, 6) is 0.842. The van der Waals surface area contributed by atoms with Gasteiger partial charge in [0.2, 0.25) is 5.91 Å². The van der Waals surface area contributed by atoms with E-state index in [9.17, 15) is 9.59 Å². The lowest BCUT2D eigenvalue weighted by Gasteiger charge is -2.25. The van der Waals surface area contributed by atoms with Gasteiger partial charge in [-0.25, -0.2) is 19.0 Å². The van der Waals surface area contributed by atoms with E-state index in [-0.39, 0.29) is 24.2 Å². The van der Waals surface area contributed by atoms with Gasteiger partial charge in [0.1, 0.15) is 0 Å². The van der Waals surface area contributed by atoms with E-state index < -0.39 is 0 Å². The molecule has 30 heavy (non-hydrogen) atoms. The largest absolute Gasteiger partial charge is 0.351 e. The predicted molar refractivity (Wildman–Crippen MR) is 117 cm³/mol. The quantitative estimate of drug-likeness (QED) is 0.669. The SMILES string of the molecule is Cc1cc2c(cc1C)-n1c(nn(C(C)C)c1=O)-c1cccnc1N2C(=O)CN(C)C. The van der Waals surface area contributed by atoms with Crippen LogP contribution in [0.2, 0.25) is 0 Å². The Morgan fingerprint density at radius 1 is 1.13 bits per heavy atom. The Balaban J connectivity index is 2.13. The van der Waals surface area contributed by atoms with Gasteiger partial charge in [-0.1, -0.05) is 0 Å². The van der Waals surface area contributed by atoms with E-state index in [0.29, 0.717) is 28.6 Å². The Morgan fingerprint density at radius 3 is 2.43 bits per heavy atom. The van der Waals surface area contributed by atoms with Crippen molar-refractivity contribution >= 4 is 17.4 Å². The maximum atomic E-state index is 13.4. The fourth-order valence-electron chi connectivity index (χ4n) is 3.71. The summed E-state index contributed by atoms with van der Waals surface area (Å²) in [6.45, 7) is 8.05. The summed E-state index contributed by atoms with van der Waals surface area (Å²) in [5.41, 5.74) is 3.74. The second-order valence-electron chi connectivity index (χ2n) is 8.25. The first kappa shape index (κ1) is 20.0. The molecule has 1 amide bonds. The molecule has 0 saturated heterocycles. The first-order valence-corrected chi connectivity index (χ1v) is 9.97. The number of fused-ring (bicyclic) bond motifs is 5. The van der Waals surface area contributed by atoms with Gasteiger partial charge in [-0.3, -0.25) is 9.69 Å². The van der Waals surface area contributed by atoms with Crippen molar-refractivity contribution in [2.45, 2.75) is 33.7 Å². The minimum Gasteiger partial charge on any atom is -0.301 e. The van der Waals surface area contributed by atoms with Crippen LogP contribution in [0.1, 0.15) is 31.0 Å². The zero-order chi connectivity index (χ0) is 21.7. The lowest BCUT2D eigenvalue weighted by atomic mass is 10.1. The molecule has 0 unspecified atom stereocenters. The molecule has 1 aliphatic heterocycles. The zero-order valence-electron chi connectivity index (χ0n) is 18.2. The van der Waals surface area contributed by atoms with Gasteiger partial charge in [-0.2, -0.15) is 0 Å². The van der Waals surface area contributed by atoms with Crippen molar-refractivity contribution in [1.82, 2.24) is 24.2 Å². The van der Waals surface area contributed by atoms with Crippen LogP contribution in [-0.4, -0.2) is 50.8 Å². The first-order chi connectivity index (χ1) is 14.2. The molecule has 3 heterocycles. The summed E-state index contributed by atoms with van der Waals surface area (Å²) in [5, 5.41) is 4.64. The molecule has 1 aromatic carbocycles. The number of nitrogens with zero attached hydrogens (tertiary/aromatic N) is 6. The van der Waals surface area contributed by atoms with Gasteiger partial charge in [-0.05, 0) is 77.2 Å². The van der Waals surface area contributed by atoms with Gasteiger partial charge in [0.15, 0.2) is 11.6 Å². The number of aryl methyl sites for hydroxylation is 2. The van der Waals surface area contributed by atoms with Crippen LogP contribution in [0.4, 0.5) is 11.5 Å². The molecule has 156 valence electrons. The van der Waals surface area contributed by atoms with Crippen molar-refractivity contribution in [3.8, 4) is 17.1 Å². The third-order valence-corrected chi connectivity index (χ3v) is 5.30. The van der Waals surface area contributed by atoms with Crippen molar-refractivity contribution in [2.75, 3.05) is 25.5 Å². The van der Waals surface area contributed by atoms with Gasteiger partial charge in [-0.15, -0.1) is 5.10 Å². The Bertz CT molecular complexity index is 1200. The molecule has 0 aliphatic carbocycles. The summed E-state index contributed by atoms with van der Waals surface area (Å²) in [6.07, 6.45) is 1.66. The Morgan fingerprint density at radius 2 is 1.80 bits per heavy atom. The van der Waals surface area contributed by atoms with Crippen molar-refractivity contribution in [1.29, 1.82) is 0 Å². The minimum absolute atomic E-state index is 0.0986. The van der Waals surface area contributed by atoms with E-state index in [1.165, 1.54) is 4.68 Å². The van der Waals surface area contributed by atoms with Crippen molar-refractivity contribution < 1.29 is 4.79 Å². The van der Waals surface area contributed by atoms with Gasteiger partial charge < -0.3 is 4.90 Å². The molecule has 0 radical (unpaired) electrons. The summed E-state index contributed by atoms with van der Waals surface area (Å²) >= 11 is 0. The molecule has 8 nitrogen and oxygen atoms in total. The number of benzene rings is 1. The molecule has 1 aliphatic rings. The van der Waals surface area contributed by atoms with Crippen LogP contribution < -0.4 is 10.6 Å². The highest BCUT2D eigenvalue weighted by molar-refractivity contribution is 6.06. The van der Waals surface area contributed by atoms with Crippen molar-refractivity contribution in [3.63, 3.8) is 0 Å². The van der Waals surface area contributed by atoms with Crippen LogP contribution in [0.25, 0.3) is 17.1 Å². The van der Waals surface area contributed by atoms with E-state index in [1.54, 1.807) is 21.7 Å². The summed E-state index contributed by atoms with van der Waals surface area (Å²) in [6, 6.07) is 7.45. The van der Waals surface area contributed by atoms with Crippen LogP contribution in [0.3, 0.4) is 0 Å². The number of rotatable bonds is 3. The highest BCUT2D eigenvalue weighted by atomic mass is 16.2. The maximum Gasteiger partial charge on any atom is 0.351 e. The highest BCUT2D eigenvalue weighted by Gasteiger charge is 2.33. The smallest absolute Gasteiger partial charge is 0.301 e. The van der Waals surface area contributed by atoms with E-state index in [0.717, 1.165) is 11.1 Å². The van der Waals surface area contributed by atoms with Gasteiger partial charge in [0.25, 0.3) is 0 Å². The maximum absolute atomic E-state index is 13.4. The number of anilines is 2. The number of hydrogen-bond donors (Lipinski definition) is 0. The lowest BCUT2D eigenvalue weighted by Crippen LogP contribution is -2.36. The molecule has 0 atom stereocenters. The molecule has 0 fully saturated rings. The standard InChI is InChI=1S/C22H26N6O2/c1-13(2)28-22(30)27-18-11-15(4)14(3)10-17(18)26(19(29)12-25(5)6)20-16(21(27)24-28)8-7-9-23-20/h7-11,13H,12H2,1-6H3. The summed E-state index contributed by atoms with van der Waals surface area (Å²) < 4.78 is 3.08. The minimum atomic E-state index is -0.235. The Kier molecular flexibility index (Phi) is 4.82. The number of carbonyl (C=O) groups excluding carboxylic acids is 1. The number of carbonyl (C=O) groups is 1. The molecule has 4 rings (SSSR count). The number of aromatic nitrogens is 4. The zero-order valence-corrected chi connectivity index (χ0v) is 18.2. The Hall–Kier alpha value is -3.26. The number of likely N-dealkylation sites (N-methyl/N-ethyl adjacent to an activating group) is 1. The topological polar surface area (TPSA) is 76.3 Å². The molecule has 3 aromatic rings. The molecular weight excluding hydrogens is 380 g/mol. The van der Waals surface area contributed by atoms with Crippen LogP contribution in [0.5, 0.6) is 0 Å². The fraction of sp³-hybridized carbons (Fsp3) is 0.364.